The van der Waals surface area contributed by atoms with Crippen LogP contribution in [0.25, 0.3) is 0 Å². The van der Waals surface area contributed by atoms with Crippen molar-refractivity contribution >= 4 is 17.6 Å². The molecule has 2 aliphatic rings. The zero-order chi connectivity index (χ0) is 20.9. The van der Waals surface area contributed by atoms with E-state index in [0.29, 0.717) is 29.8 Å². The van der Waals surface area contributed by atoms with Crippen LogP contribution >= 0.6 is 0 Å². The number of carbonyl (C=O) groups excluding carboxylic acids is 2. The van der Waals surface area contributed by atoms with Crippen LogP contribution in [0.15, 0.2) is 78.9 Å². The van der Waals surface area contributed by atoms with Crippen molar-refractivity contribution in [2.24, 2.45) is 0 Å². The van der Waals surface area contributed by atoms with Gasteiger partial charge in [-0.25, -0.2) is 4.39 Å². The molecule has 2 atom stereocenters. The molecule has 2 heterocycles. The normalized spacial score (nSPS) is 24.5. The van der Waals surface area contributed by atoms with Gasteiger partial charge in [-0.15, -0.1) is 0 Å². The Morgan fingerprint density at radius 3 is 2.23 bits per heavy atom. The van der Waals surface area contributed by atoms with Crippen LogP contribution in [0.5, 0.6) is 0 Å². The summed E-state index contributed by atoms with van der Waals surface area (Å²) >= 11 is 0. The predicted molar refractivity (Wildman–Crippen MR) is 110 cm³/mol. The third-order valence-electron chi connectivity index (χ3n) is 6.35. The van der Waals surface area contributed by atoms with Gasteiger partial charge in [-0.3, -0.25) is 9.59 Å². The fourth-order valence-electron chi connectivity index (χ4n) is 4.93. The molecule has 0 aromatic heterocycles. The minimum atomic E-state index is -1.56. The van der Waals surface area contributed by atoms with Gasteiger partial charge in [0.15, 0.2) is 0 Å². The third kappa shape index (κ3) is 2.20. The first-order valence-corrected chi connectivity index (χ1v) is 9.99. The maximum Gasteiger partial charge on any atom is 0.323 e. The summed E-state index contributed by atoms with van der Waals surface area (Å²) in [6.45, 7) is 2.17. The van der Waals surface area contributed by atoms with Crippen LogP contribution in [-0.2, 0) is 31.9 Å². The number of ether oxygens (including phenoxy) is 1. The Morgan fingerprint density at radius 2 is 1.60 bits per heavy atom. The van der Waals surface area contributed by atoms with Crippen LogP contribution in [0.1, 0.15) is 30.0 Å². The first-order valence-electron chi connectivity index (χ1n) is 9.99. The maximum absolute atomic E-state index is 14.3. The highest BCUT2D eigenvalue weighted by Gasteiger charge is 2.77. The first-order chi connectivity index (χ1) is 14.5. The Morgan fingerprint density at radius 1 is 0.933 bits per heavy atom. The molecule has 5 heteroatoms. The number of anilines is 1. The summed E-state index contributed by atoms with van der Waals surface area (Å²) in [6.07, 6.45) is 0.358. The average molecular weight is 401 g/mol. The number of carbonyl (C=O) groups is 2. The van der Waals surface area contributed by atoms with Gasteiger partial charge in [0.1, 0.15) is 11.2 Å². The third-order valence-corrected chi connectivity index (χ3v) is 6.35. The maximum atomic E-state index is 14.3. The number of nitrogens with zero attached hydrogens (tertiary/aromatic N) is 1. The zero-order valence-electron chi connectivity index (χ0n) is 16.5. The Balaban J connectivity index is 1.72. The molecule has 1 fully saturated rings. The predicted octanol–water partition coefficient (Wildman–Crippen LogP) is 4.47. The molecule has 3 aromatic rings. The Kier molecular flexibility index (Phi) is 4.03. The summed E-state index contributed by atoms with van der Waals surface area (Å²) < 4.78 is 20.0. The van der Waals surface area contributed by atoms with Crippen LogP contribution in [0, 0.1) is 5.82 Å². The minimum absolute atomic E-state index is 0.312. The second-order valence-corrected chi connectivity index (χ2v) is 7.73. The molecule has 0 N–H and O–H groups in total. The molecule has 4 nitrogen and oxygen atoms in total. The Bertz CT molecular complexity index is 1150. The highest BCUT2D eigenvalue weighted by Crippen LogP contribution is 2.62. The molecule has 0 saturated carbocycles. The zero-order valence-corrected chi connectivity index (χ0v) is 16.5. The number of hydrogen-bond acceptors (Lipinski definition) is 3. The van der Waals surface area contributed by atoms with E-state index in [-0.39, 0.29) is 5.91 Å². The molecule has 0 aliphatic carbocycles. The minimum Gasteiger partial charge on any atom is -0.441 e. The molecule has 0 radical (unpaired) electrons. The smallest absolute Gasteiger partial charge is 0.323 e. The standard InChI is InChI=1S/C25H20FNO3/c1-2-24(18-11-7-4-8-12-18)23(29)30-25(24)20-15-19(26)13-14-21(20)27(22(25)28)16-17-9-5-3-6-10-17/h3-15H,2,16H2,1H3/t24-,25-/m1/s1. The number of rotatable bonds is 4. The molecule has 1 saturated heterocycles. The summed E-state index contributed by atoms with van der Waals surface area (Å²) in [5, 5.41) is 0. The number of benzene rings is 3. The monoisotopic (exact) mass is 401 g/mol. The van der Waals surface area contributed by atoms with Gasteiger partial charge in [-0.05, 0) is 35.7 Å². The molecule has 2 aliphatic heterocycles. The summed E-state index contributed by atoms with van der Waals surface area (Å²) in [7, 11) is 0. The van der Waals surface area contributed by atoms with E-state index in [1.807, 2.05) is 67.6 Å². The van der Waals surface area contributed by atoms with E-state index in [4.69, 9.17) is 4.74 Å². The van der Waals surface area contributed by atoms with Gasteiger partial charge in [0, 0.05) is 5.56 Å². The molecule has 0 unspecified atom stereocenters. The van der Waals surface area contributed by atoms with E-state index in [1.54, 1.807) is 11.0 Å². The highest BCUT2D eigenvalue weighted by atomic mass is 19.1. The van der Waals surface area contributed by atoms with Crippen LogP contribution in [-0.4, -0.2) is 11.9 Å². The van der Waals surface area contributed by atoms with Crippen LogP contribution in [0.3, 0.4) is 0 Å². The average Bonchev–Trinajstić information content (AvgIpc) is 3.00. The van der Waals surface area contributed by atoms with Crippen molar-refractivity contribution in [1.29, 1.82) is 0 Å². The van der Waals surface area contributed by atoms with Crippen molar-refractivity contribution in [3.05, 3.63) is 101 Å². The number of halogens is 1. The fourth-order valence-corrected chi connectivity index (χ4v) is 4.93. The number of hydrogen-bond donors (Lipinski definition) is 0. The topological polar surface area (TPSA) is 46.6 Å². The van der Waals surface area contributed by atoms with Gasteiger partial charge >= 0.3 is 5.97 Å². The lowest BCUT2D eigenvalue weighted by Crippen LogP contribution is -2.70. The van der Waals surface area contributed by atoms with E-state index < -0.39 is 22.8 Å². The second kappa shape index (κ2) is 6.52. The van der Waals surface area contributed by atoms with Gasteiger partial charge in [0.05, 0.1) is 12.2 Å². The van der Waals surface area contributed by atoms with E-state index >= 15 is 0 Å². The van der Waals surface area contributed by atoms with Crippen LogP contribution in [0.2, 0.25) is 0 Å². The van der Waals surface area contributed by atoms with Crippen molar-refractivity contribution in [2.75, 3.05) is 4.90 Å². The lowest BCUT2D eigenvalue weighted by molar-refractivity contribution is -0.223. The fraction of sp³-hybridized carbons (Fsp3) is 0.200. The summed E-state index contributed by atoms with van der Waals surface area (Å²) in [6, 6.07) is 23.0. The van der Waals surface area contributed by atoms with Crippen LogP contribution in [0.4, 0.5) is 10.1 Å². The molecule has 30 heavy (non-hydrogen) atoms. The van der Waals surface area contributed by atoms with E-state index in [2.05, 4.69) is 0 Å². The molecule has 1 amide bonds. The summed E-state index contributed by atoms with van der Waals surface area (Å²) in [5.74, 6) is -1.26. The van der Waals surface area contributed by atoms with Crippen molar-refractivity contribution < 1.29 is 18.7 Å². The van der Waals surface area contributed by atoms with Crippen molar-refractivity contribution in [3.8, 4) is 0 Å². The Labute approximate surface area is 173 Å². The number of esters is 1. The van der Waals surface area contributed by atoms with Gasteiger partial charge in [0.2, 0.25) is 5.60 Å². The van der Waals surface area contributed by atoms with E-state index in [0.717, 1.165) is 5.56 Å². The van der Waals surface area contributed by atoms with Gasteiger partial charge < -0.3 is 9.64 Å². The molecular weight excluding hydrogens is 381 g/mol. The molecule has 1 spiro atoms. The van der Waals surface area contributed by atoms with Crippen molar-refractivity contribution in [2.45, 2.75) is 30.9 Å². The largest absolute Gasteiger partial charge is 0.441 e. The van der Waals surface area contributed by atoms with Gasteiger partial charge in [-0.1, -0.05) is 67.6 Å². The van der Waals surface area contributed by atoms with Crippen LogP contribution < -0.4 is 4.90 Å². The molecule has 0 bridgehead atoms. The molecule has 3 aromatic carbocycles. The lowest BCUT2D eigenvalue weighted by atomic mass is 9.59. The lowest BCUT2D eigenvalue weighted by Gasteiger charge is -2.53. The number of fused-ring (bicyclic) bond motifs is 2. The second-order valence-electron chi connectivity index (χ2n) is 7.73. The highest BCUT2D eigenvalue weighted by molar-refractivity contribution is 6.16. The quantitative estimate of drug-likeness (QED) is 0.606. The van der Waals surface area contributed by atoms with Crippen molar-refractivity contribution in [1.82, 2.24) is 0 Å². The van der Waals surface area contributed by atoms with E-state index in [9.17, 15) is 14.0 Å². The molecule has 150 valence electrons. The first kappa shape index (κ1) is 18.6. The molecule has 5 rings (SSSR count). The SMILES string of the molecule is CC[C@@]1(c2ccccc2)C(=O)O[C@]12C(=O)N(Cc1ccccc1)c1ccc(F)cc12. The Hall–Kier alpha value is -3.47. The summed E-state index contributed by atoms with van der Waals surface area (Å²) in [5.41, 5.74) is -0.133. The van der Waals surface area contributed by atoms with E-state index in [1.165, 1.54) is 12.1 Å². The van der Waals surface area contributed by atoms with Gasteiger partial charge in [0.25, 0.3) is 5.91 Å². The van der Waals surface area contributed by atoms with Crippen molar-refractivity contribution in [3.63, 3.8) is 0 Å². The summed E-state index contributed by atoms with van der Waals surface area (Å²) in [4.78, 5) is 28.5. The van der Waals surface area contributed by atoms with Gasteiger partial charge in [-0.2, -0.15) is 0 Å². The molecular formula is C25H20FNO3. The number of amides is 1.